The van der Waals surface area contributed by atoms with Gasteiger partial charge in [-0.2, -0.15) is 0 Å². The van der Waals surface area contributed by atoms with E-state index in [2.05, 4.69) is 38.2 Å². The number of nitrogens with two attached hydrogens (primary N) is 1. The van der Waals surface area contributed by atoms with E-state index >= 15 is 0 Å². The fraction of sp³-hybridized carbons (Fsp3) is 0.860. The summed E-state index contributed by atoms with van der Waals surface area (Å²) in [7, 11) is -4.37. The van der Waals surface area contributed by atoms with Crippen LogP contribution in [0.3, 0.4) is 0 Å². The quantitative estimate of drug-likeness (QED) is 0.0269. The topological polar surface area (TPSA) is 134 Å². The molecule has 0 radical (unpaired) electrons. The molecule has 53 heavy (non-hydrogen) atoms. The highest BCUT2D eigenvalue weighted by atomic mass is 31.2. The van der Waals surface area contributed by atoms with E-state index in [0.29, 0.717) is 6.42 Å². The molecule has 0 aromatic heterocycles. The minimum atomic E-state index is -4.37. The maximum atomic E-state index is 12.6. The van der Waals surface area contributed by atoms with Crippen molar-refractivity contribution in [1.82, 2.24) is 0 Å². The van der Waals surface area contributed by atoms with Crippen molar-refractivity contribution in [2.24, 2.45) is 5.73 Å². The molecule has 0 aromatic rings. The van der Waals surface area contributed by atoms with Crippen LogP contribution >= 0.6 is 7.82 Å². The van der Waals surface area contributed by atoms with Crippen molar-refractivity contribution < 1.29 is 37.6 Å². The lowest BCUT2D eigenvalue weighted by Crippen LogP contribution is -2.29. The van der Waals surface area contributed by atoms with E-state index in [0.717, 1.165) is 64.2 Å². The van der Waals surface area contributed by atoms with Crippen LogP contribution in [0.1, 0.15) is 206 Å². The normalized spacial score (nSPS) is 13.5. The van der Waals surface area contributed by atoms with Gasteiger partial charge in [0.15, 0.2) is 6.10 Å². The number of rotatable bonds is 41. The smallest absolute Gasteiger partial charge is 0.462 e. The van der Waals surface area contributed by atoms with E-state index in [4.69, 9.17) is 24.3 Å². The molecule has 0 aliphatic heterocycles. The highest BCUT2D eigenvalue weighted by Gasteiger charge is 2.26. The fourth-order valence-electron chi connectivity index (χ4n) is 6.02. The first-order chi connectivity index (χ1) is 25.8. The van der Waals surface area contributed by atoms with E-state index in [-0.39, 0.29) is 32.6 Å². The first kappa shape index (κ1) is 51.5. The van der Waals surface area contributed by atoms with Crippen LogP contribution in [0.15, 0.2) is 24.3 Å². The number of phosphoric ester groups is 1. The van der Waals surface area contributed by atoms with Crippen LogP contribution < -0.4 is 5.73 Å². The molecule has 0 heterocycles. The number of allylic oxidation sites excluding steroid dienone is 4. The highest BCUT2D eigenvalue weighted by Crippen LogP contribution is 2.43. The van der Waals surface area contributed by atoms with Gasteiger partial charge in [-0.1, -0.05) is 160 Å². The van der Waals surface area contributed by atoms with Crippen LogP contribution in [0, 0.1) is 0 Å². The summed E-state index contributed by atoms with van der Waals surface area (Å²) in [5.41, 5.74) is 5.34. The highest BCUT2D eigenvalue weighted by molar-refractivity contribution is 7.47. The maximum Gasteiger partial charge on any atom is 0.472 e. The van der Waals surface area contributed by atoms with Crippen molar-refractivity contribution >= 4 is 19.8 Å². The Morgan fingerprint density at radius 1 is 0.547 bits per heavy atom. The third-order valence-electron chi connectivity index (χ3n) is 9.31. The lowest BCUT2D eigenvalue weighted by Gasteiger charge is -2.19. The third kappa shape index (κ3) is 40.0. The van der Waals surface area contributed by atoms with E-state index in [9.17, 15) is 19.0 Å². The Morgan fingerprint density at radius 2 is 0.943 bits per heavy atom. The standard InChI is InChI=1S/C43H82NO8P/c1-3-5-7-9-11-13-15-16-17-18-19-20-21-22-23-24-26-28-30-32-34-36-43(46)52-41(40-51-53(47,48)50-38-37-44)39-49-42(45)35-33-31-29-27-25-14-12-10-8-6-4-2/h10,12,16-17,41H,3-9,11,13-15,18-40,44H2,1-2H3,(H,47,48)/b12-10+,17-16+/t41-/m1/s1. The molecule has 312 valence electrons. The molecule has 0 saturated heterocycles. The number of unbranched alkanes of at least 4 members (excludes halogenated alkanes) is 24. The molecule has 0 fully saturated rings. The summed E-state index contributed by atoms with van der Waals surface area (Å²) in [4.78, 5) is 34.8. The molecule has 0 saturated carbocycles. The Labute approximate surface area is 325 Å². The average Bonchev–Trinajstić information content (AvgIpc) is 3.14. The fourth-order valence-corrected chi connectivity index (χ4v) is 6.79. The van der Waals surface area contributed by atoms with Gasteiger partial charge in [0.2, 0.25) is 0 Å². The second-order valence-corrected chi connectivity index (χ2v) is 16.0. The summed E-state index contributed by atoms with van der Waals surface area (Å²) in [5.74, 6) is -0.836. The number of hydrogen-bond acceptors (Lipinski definition) is 8. The van der Waals surface area contributed by atoms with Crippen molar-refractivity contribution in [3.05, 3.63) is 24.3 Å². The average molecular weight is 772 g/mol. The lowest BCUT2D eigenvalue weighted by molar-refractivity contribution is -0.161. The summed E-state index contributed by atoms with van der Waals surface area (Å²) in [6.45, 7) is 3.69. The van der Waals surface area contributed by atoms with E-state index in [1.54, 1.807) is 0 Å². The number of carbonyl (C=O) groups is 2. The van der Waals surface area contributed by atoms with E-state index < -0.39 is 32.5 Å². The Morgan fingerprint density at radius 3 is 1.40 bits per heavy atom. The molecule has 0 aliphatic rings. The van der Waals surface area contributed by atoms with Gasteiger partial charge in [0.05, 0.1) is 13.2 Å². The minimum Gasteiger partial charge on any atom is -0.462 e. The van der Waals surface area contributed by atoms with Crippen molar-refractivity contribution in [3.8, 4) is 0 Å². The Hall–Kier alpha value is -1.51. The summed E-state index contributed by atoms with van der Waals surface area (Å²) >= 11 is 0. The van der Waals surface area contributed by atoms with Crippen LogP contribution in [0.5, 0.6) is 0 Å². The summed E-state index contributed by atoms with van der Waals surface area (Å²) < 4.78 is 32.7. The molecule has 0 bridgehead atoms. The number of hydrogen-bond donors (Lipinski definition) is 2. The van der Waals surface area contributed by atoms with Gasteiger partial charge in [-0.3, -0.25) is 18.6 Å². The summed E-state index contributed by atoms with van der Waals surface area (Å²) in [6.07, 6.45) is 42.1. The lowest BCUT2D eigenvalue weighted by atomic mass is 10.0. The number of ether oxygens (including phenoxy) is 2. The largest absolute Gasteiger partial charge is 0.472 e. The van der Waals surface area contributed by atoms with Gasteiger partial charge >= 0.3 is 19.8 Å². The molecule has 2 atom stereocenters. The van der Waals surface area contributed by atoms with Crippen molar-refractivity contribution in [1.29, 1.82) is 0 Å². The van der Waals surface area contributed by atoms with E-state index in [1.165, 1.54) is 109 Å². The second-order valence-electron chi connectivity index (χ2n) is 14.6. The molecular formula is C43H82NO8P. The van der Waals surface area contributed by atoms with Crippen LogP contribution in [-0.4, -0.2) is 49.3 Å². The molecule has 9 nitrogen and oxygen atoms in total. The Balaban J connectivity index is 4.07. The van der Waals surface area contributed by atoms with Gasteiger partial charge in [0, 0.05) is 19.4 Å². The third-order valence-corrected chi connectivity index (χ3v) is 10.3. The van der Waals surface area contributed by atoms with Crippen LogP contribution in [0.25, 0.3) is 0 Å². The molecule has 1 unspecified atom stereocenters. The van der Waals surface area contributed by atoms with Gasteiger partial charge in [-0.15, -0.1) is 0 Å². The predicted molar refractivity (Wildman–Crippen MR) is 220 cm³/mol. The molecule has 10 heteroatoms. The molecule has 0 amide bonds. The zero-order valence-corrected chi connectivity index (χ0v) is 35.2. The second kappa shape index (κ2) is 40.2. The SMILES string of the molecule is CCCC/C=C/CCCCCCCC(=O)OC[C@H](COP(=O)(O)OCCN)OC(=O)CCCCCCCCCCCCC/C=C/CCCCCCCC. The molecule has 0 aromatic carbocycles. The molecule has 0 aliphatic carbocycles. The maximum absolute atomic E-state index is 12.6. The van der Waals surface area contributed by atoms with E-state index in [1.807, 2.05) is 0 Å². The Kier molecular flexibility index (Phi) is 39.0. The van der Waals surface area contributed by atoms with Crippen LogP contribution in [-0.2, 0) is 32.7 Å². The van der Waals surface area contributed by atoms with Crippen molar-refractivity contribution in [3.63, 3.8) is 0 Å². The van der Waals surface area contributed by atoms with Crippen LogP contribution in [0.4, 0.5) is 0 Å². The molecule has 0 rings (SSSR count). The molecule has 0 spiro atoms. The first-order valence-electron chi connectivity index (χ1n) is 21.8. The van der Waals surface area contributed by atoms with Gasteiger partial charge in [0.25, 0.3) is 0 Å². The molecular weight excluding hydrogens is 689 g/mol. The van der Waals surface area contributed by atoms with Crippen LogP contribution in [0.2, 0.25) is 0 Å². The predicted octanol–water partition coefficient (Wildman–Crippen LogP) is 12.4. The summed E-state index contributed by atoms with van der Waals surface area (Å²) in [6, 6.07) is 0. The van der Waals surface area contributed by atoms with Gasteiger partial charge < -0.3 is 20.1 Å². The monoisotopic (exact) mass is 772 g/mol. The van der Waals surface area contributed by atoms with Crippen molar-refractivity contribution in [2.75, 3.05) is 26.4 Å². The van der Waals surface area contributed by atoms with Gasteiger partial charge in [-0.25, -0.2) is 4.57 Å². The zero-order chi connectivity index (χ0) is 38.9. The Bertz CT molecular complexity index is 928. The number of carbonyl (C=O) groups excluding carboxylic acids is 2. The zero-order valence-electron chi connectivity index (χ0n) is 34.3. The minimum absolute atomic E-state index is 0.0533. The first-order valence-corrected chi connectivity index (χ1v) is 23.3. The number of phosphoric acid groups is 1. The van der Waals surface area contributed by atoms with Gasteiger partial charge in [-0.05, 0) is 57.8 Å². The molecule has 3 N–H and O–H groups in total. The van der Waals surface area contributed by atoms with Crippen molar-refractivity contribution in [2.45, 2.75) is 213 Å². The summed E-state index contributed by atoms with van der Waals surface area (Å²) in [5, 5.41) is 0. The number of esters is 2. The van der Waals surface area contributed by atoms with Gasteiger partial charge in [0.1, 0.15) is 6.61 Å².